The lowest BCUT2D eigenvalue weighted by atomic mass is 10.1. The number of hydrogen-bond donors (Lipinski definition) is 1. The Morgan fingerprint density at radius 2 is 1.64 bits per heavy atom. The lowest BCUT2D eigenvalue weighted by Crippen LogP contribution is -2.52. The van der Waals surface area contributed by atoms with Crippen LogP contribution in [0.5, 0.6) is 0 Å². The number of para-hydroxylation sites is 1. The van der Waals surface area contributed by atoms with Crippen LogP contribution in [0.3, 0.4) is 0 Å². The standard InChI is InChI=1S/C24H32FN3O4S/c1-5-21(24(30)26-15-18(2)3)27(16-19-11-7-6-8-12-19)23(29)17-28(33(4,31)32)22-14-10-9-13-20(22)25/h6-14,18,21H,5,15-17H2,1-4H3,(H,26,30)/t21-/m0/s1. The van der Waals surface area contributed by atoms with Crippen molar-refractivity contribution in [1.29, 1.82) is 0 Å². The van der Waals surface area contributed by atoms with Crippen LogP contribution in [-0.4, -0.2) is 50.5 Å². The summed E-state index contributed by atoms with van der Waals surface area (Å²) in [6.07, 6.45) is 1.25. The van der Waals surface area contributed by atoms with E-state index in [4.69, 9.17) is 0 Å². The summed E-state index contributed by atoms with van der Waals surface area (Å²) in [5.74, 6) is -1.44. The fraction of sp³-hybridized carbons (Fsp3) is 0.417. The zero-order valence-corrected chi connectivity index (χ0v) is 20.3. The number of amides is 2. The van der Waals surface area contributed by atoms with Crippen molar-refractivity contribution < 1.29 is 22.4 Å². The highest BCUT2D eigenvalue weighted by atomic mass is 32.2. The van der Waals surface area contributed by atoms with Crippen LogP contribution in [0.25, 0.3) is 0 Å². The Balaban J connectivity index is 2.40. The second-order valence-corrected chi connectivity index (χ2v) is 10.2. The number of benzene rings is 2. The molecule has 0 aromatic heterocycles. The molecule has 2 rings (SSSR count). The van der Waals surface area contributed by atoms with Crippen molar-refractivity contribution in [3.05, 3.63) is 66.0 Å². The monoisotopic (exact) mass is 477 g/mol. The fourth-order valence-corrected chi connectivity index (χ4v) is 4.22. The molecule has 0 saturated carbocycles. The van der Waals surface area contributed by atoms with Crippen molar-refractivity contribution in [3.63, 3.8) is 0 Å². The number of halogens is 1. The molecule has 0 saturated heterocycles. The summed E-state index contributed by atoms with van der Waals surface area (Å²) in [4.78, 5) is 27.7. The van der Waals surface area contributed by atoms with Crippen molar-refractivity contribution in [2.45, 2.75) is 39.8 Å². The Bertz CT molecular complexity index is 1040. The van der Waals surface area contributed by atoms with E-state index in [1.165, 1.54) is 23.1 Å². The molecule has 180 valence electrons. The number of sulfonamides is 1. The van der Waals surface area contributed by atoms with Gasteiger partial charge in [-0.1, -0.05) is 63.2 Å². The normalized spacial score (nSPS) is 12.3. The first-order valence-corrected chi connectivity index (χ1v) is 12.7. The fourth-order valence-electron chi connectivity index (χ4n) is 3.37. The van der Waals surface area contributed by atoms with Crippen LogP contribution < -0.4 is 9.62 Å². The van der Waals surface area contributed by atoms with Crippen molar-refractivity contribution >= 4 is 27.5 Å². The molecule has 33 heavy (non-hydrogen) atoms. The van der Waals surface area contributed by atoms with E-state index in [9.17, 15) is 22.4 Å². The van der Waals surface area contributed by atoms with Gasteiger partial charge in [-0.15, -0.1) is 0 Å². The van der Waals surface area contributed by atoms with Crippen molar-refractivity contribution in [3.8, 4) is 0 Å². The predicted molar refractivity (Wildman–Crippen MR) is 128 cm³/mol. The van der Waals surface area contributed by atoms with Gasteiger partial charge in [0.15, 0.2) is 0 Å². The van der Waals surface area contributed by atoms with Gasteiger partial charge in [-0.25, -0.2) is 12.8 Å². The number of anilines is 1. The van der Waals surface area contributed by atoms with E-state index in [0.29, 0.717) is 13.0 Å². The molecule has 0 bridgehead atoms. The maximum atomic E-state index is 14.4. The van der Waals surface area contributed by atoms with E-state index in [1.54, 1.807) is 6.92 Å². The second-order valence-electron chi connectivity index (χ2n) is 8.29. The second kappa shape index (κ2) is 11.8. The van der Waals surface area contributed by atoms with Crippen LogP contribution in [0.2, 0.25) is 0 Å². The van der Waals surface area contributed by atoms with Crippen LogP contribution in [0.4, 0.5) is 10.1 Å². The van der Waals surface area contributed by atoms with E-state index >= 15 is 0 Å². The maximum absolute atomic E-state index is 14.4. The number of hydrogen-bond acceptors (Lipinski definition) is 4. The molecular weight excluding hydrogens is 445 g/mol. The van der Waals surface area contributed by atoms with E-state index in [1.807, 2.05) is 44.2 Å². The summed E-state index contributed by atoms with van der Waals surface area (Å²) >= 11 is 0. The largest absolute Gasteiger partial charge is 0.354 e. The number of rotatable bonds is 11. The van der Waals surface area contributed by atoms with Gasteiger partial charge in [0.25, 0.3) is 0 Å². The van der Waals surface area contributed by atoms with E-state index in [2.05, 4.69) is 5.32 Å². The third-order valence-electron chi connectivity index (χ3n) is 5.07. The number of carbonyl (C=O) groups excluding carboxylic acids is 2. The molecule has 2 amide bonds. The van der Waals surface area contributed by atoms with Crippen LogP contribution in [0.15, 0.2) is 54.6 Å². The average molecular weight is 478 g/mol. The van der Waals surface area contributed by atoms with Gasteiger partial charge < -0.3 is 10.2 Å². The zero-order chi connectivity index (χ0) is 24.6. The minimum absolute atomic E-state index is 0.113. The van der Waals surface area contributed by atoms with Gasteiger partial charge in [0, 0.05) is 13.1 Å². The molecule has 0 fully saturated rings. The summed E-state index contributed by atoms with van der Waals surface area (Å²) in [6, 6.07) is 13.7. The van der Waals surface area contributed by atoms with E-state index in [0.717, 1.165) is 22.2 Å². The molecule has 0 unspecified atom stereocenters. The van der Waals surface area contributed by atoms with Crippen LogP contribution in [-0.2, 0) is 26.2 Å². The third kappa shape index (κ3) is 7.56. The Labute approximate surface area is 195 Å². The molecular formula is C24H32FN3O4S. The molecule has 7 nitrogen and oxygen atoms in total. The number of nitrogens with one attached hydrogen (secondary N) is 1. The summed E-state index contributed by atoms with van der Waals surface area (Å²) < 4.78 is 40.1. The smallest absolute Gasteiger partial charge is 0.244 e. The Kier molecular flexibility index (Phi) is 9.40. The molecule has 0 spiro atoms. The van der Waals surface area contributed by atoms with Gasteiger partial charge in [-0.05, 0) is 30.0 Å². The Hall–Kier alpha value is -2.94. The van der Waals surface area contributed by atoms with E-state index < -0.39 is 34.3 Å². The van der Waals surface area contributed by atoms with Crippen LogP contribution in [0, 0.1) is 11.7 Å². The van der Waals surface area contributed by atoms with Crippen LogP contribution in [0.1, 0.15) is 32.8 Å². The lowest BCUT2D eigenvalue weighted by molar-refractivity contribution is -0.140. The SMILES string of the molecule is CC[C@@H](C(=O)NCC(C)C)N(Cc1ccccc1)C(=O)CN(c1ccccc1F)S(C)(=O)=O. The minimum atomic E-state index is -3.97. The van der Waals surface area contributed by atoms with Gasteiger partial charge >= 0.3 is 0 Å². The highest BCUT2D eigenvalue weighted by Crippen LogP contribution is 2.22. The van der Waals surface area contributed by atoms with Crippen molar-refractivity contribution in [1.82, 2.24) is 10.2 Å². The molecule has 0 aliphatic rings. The number of carbonyl (C=O) groups is 2. The molecule has 1 atom stereocenters. The Morgan fingerprint density at radius 1 is 1.03 bits per heavy atom. The van der Waals surface area contributed by atoms with Gasteiger partial charge in [0.1, 0.15) is 18.4 Å². The molecule has 0 aliphatic heterocycles. The maximum Gasteiger partial charge on any atom is 0.244 e. The molecule has 2 aromatic rings. The molecule has 9 heteroatoms. The molecule has 0 radical (unpaired) electrons. The first-order valence-electron chi connectivity index (χ1n) is 10.9. The lowest BCUT2D eigenvalue weighted by Gasteiger charge is -2.33. The molecule has 0 heterocycles. The van der Waals surface area contributed by atoms with Gasteiger partial charge in [0.2, 0.25) is 21.8 Å². The zero-order valence-electron chi connectivity index (χ0n) is 19.5. The summed E-state index contributed by atoms with van der Waals surface area (Å²) in [7, 11) is -3.97. The quantitative estimate of drug-likeness (QED) is 0.539. The average Bonchev–Trinajstić information content (AvgIpc) is 2.76. The first kappa shape index (κ1) is 26.3. The first-order chi connectivity index (χ1) is 15.5. The topological polar surface area (TPSA) is 86.8 Å². The van der Waals surface area contributed by atoms with E-state index in [-0.39, 0.29) is 24.1 Å². The highest BCUT2D eigenvalue weighted by Gasteiger charge is 2.32. The Morgan fingerprint density at radius 3 is 2.18 bits per heavy atom. The third-order valence-corrected chi connectivity index (χ3v) is 6.19. The summed E-state index contributed by atoms with van der Waals surface area (Å²) in [5.41, 5.74) is 0.572. The minimum Gasteiger partial charge on any atom is -0.354 e. The van der Waals surface area contributed by atoms with Gasteiger partial charge in [0.05, 0.1) is 11.9 Å². The summed E-state index contributed by atoms with van der Waals surface area (Å²) in [6.45, 7) is 5.66. The predicted octanol–water partition coefficient (Wildman–Crippen LogP) is 3.17. The van der Waals surface area contributed by atoms with Crippen LogP contribution >= 0.6 is 0 Å². The van der Waals surface area contributed by atoms with Crippen molar-refractivity contribution in [2.24, 2.45) is 5.92 Å². The van der Waals surface area contributed by atoms with Gasteiger partial charge in [-0.3, -0.25) is 13.9 Å². The molecule has 1 N–H and O–H groups in total. The van der Waals surface area contributed by atoms with Gasteiger partial charge in [-0.2, -0.15) is 0 Å². The van der Waals surface area contributed by atoms with Crippen molar-refractivity contribution in [2.75, 3.05) is 23.7 Å². The molecule has 2 aromatic carbocycles. The highest BCUT2D eigenvalue weighted by molar-refractivity contribution is 7.92. The number of nitrogens with zero attached hydrogens (tertiary/aromatic N) is 2. The molecule has 0 aliphatic carbocycles. The summed E-state index contributed by atoms with van der Waals surface area (Å²) in [5, 5.41) is 2.85.